The molecule has 1 aliphatic carbocycles. The number of aromatic nitrogens is 2. The first-order valence-corrected chi connectivity index (χ1v) is 8.50. The zero-order valence-electron chi connectivity index (χ0n) is 14.6. The highest BCUT2D eigenvalue weighted by Crippen LogP contribution is 2.44. The first-order valence-electron chi connectivity index (χ1n) is 8.50. The molecule has 3 rings (SSSR count). The third-order valence-electron chi connectivity index (χ3n) is 4.90. The fourth-order valence-corrected chi connectivity index (χ4v) is 3.47. The van der Waals surface area contributed by atoms with Crippen LogP contribution in [0.4, 0.5) is 11.5 Å². The summed E-state index contributed by atoms with van der Waals surface area (Å²) in [5.41, 5.74) is 6.84. The summed E-state index contributed by atoms with van der Waals surface area (Å²) in [5, 5.41) is 17.2. The predicted molar refractivity (Wildman–Crippen MR) is 96.2 cm³/mol. The Hall–Kier alpha value is -2.81. The predicted octanol–water partition coefficient (Wildman–Crippen LogP) is 3.62. The van der Waals surface area contributed by atoms with E-state index in [1.165, 1.54) is 0 Å². The van der Waals surface area contributed by atoms with Gasteiger partial charge in [0.2, 0.25) is 0 Å². The van der Waals surface area contributed by atoms with Crippen molar-refractivity contribution in [1.29, 1.82) is 5.26 Å². The highest BCUT2D eigenvalue weighted by Gasteiger charge is 2.37. The number of rotatable bonds is 4. The fourth-order valence-electron chi connectivity index (χ4n) is 3.47. The van der Waals surface area contributed by atoms with Crippen molar-refractivity contribution in [2.24, 2.45) is 17.1 Å². The van der Waals surface area contributed by atoms with E-state index >= 15 is 0 Å². The Morgan fingerprint density at radius 1 is 1.40 bits per heavy atom. The van der Waals surface area contributed by atoms with Crippen molar-refractivity contribution >= 4 is 17.4 Å². The second-order valence-electron chi connectivity index (χ2n) is 7.44. The van der Waals surface area contributed by atoms with Gasteiger partial charge in [0.15, 0.2) is 5.82 Å². The van der Waals surface area contributed by atoms with E-state index in [9.17, 15) is 10.1 Å². The van der Waals surface area contributed by atoms with E-state index in [0.717, 1.165) is 24.9 Å². The number of primary amides is 1. The van der Waals surface area contributed by atoms with Crippen LogP contribution in [0.3, 0.4) is 0 Å². The van der Waals surface area contributed by atoms with Gasteiger partial charge in [-0.15, -0.1) is 0 Å². The lowest BCUT2D eigenvalue weighted by molar-refractivity contribution is 0.100. The lowest BCUT2D eigenvalue weighted by Crippen LogP contribution is -2.31. The Morgan fingerprint density at radius 3 is 2.76 bits per heavy atom. The van der Waals surface area contributed by atoms with Gasteiger partial charge in [-0.1, -0.05) is 32.0 Å². The second kappa shape index (κ2) is 6.60. The molecule has 2 atom stereocenters. The Labute approximate surface area is 147 Å². The summed E-state index contributed by atoms with van der Waals surface area (Å²) >= 11 is 0. The monoisotopic (exact) mass is 337 g/mol. The van der Waals surface area contributed by atoms with Crippen LogP contribution in [-0.2, 0) is 0 Å². The maximum atomic E-state index is 11.9. The van der Waals surface area contributed by atoms with Gasteiger partial charge in [0.1, 0.15) is 5.56 Å². The van der Waals surface area contributed by atoms with Crippen LogP contribution in [0, 0.1) is 22.7 Å². The molecule has 0 radical (unpaired) electrons. The minimum atomic E-state index is -0.534. The van der Waals surface area contributed by atoms with Gasteiger partial charge >= 0.3 is 0 Å². The molecule has 1 heterocycles. The molecule has 1 amide bonds. The number of nitrogens with two attached hydrogens (primary N) is 1. The molecular weight excluding hydrogens is 314 g/mol. The number of hydrogen-bond donors (Lipinski definition) is 2. The summed E-state index contributed by atoms with van der Waals surface area (Å²) in [5.74, 6) is -0.217. The van der Waals surface area contributed by atoms with Gasteiger partial charge < -0.3 is 11.1 Å². The van der Waals surface area contributed by atoms with Crippen molar-refractivity contribution in [2.75, 3.05) is 5.32 Å². The SMILES string of the molecule is CC1(C)CCC(C#N)[C@@H](n2cc(C(N)=O)c(Nc3ccccc3)n2)C1. The number of benzene rings is 1. The molecule has 2 aromatic rings. The van der Waals surface area contributed by atoms with Gasteiger partial charge in [0.05, 0.1) is 18.0 Å². The first-order chi connectivity index (χ1) is 11.9. The number of amides is 1. The van der Waals surface area contributed by atoms with E-state index in [1.807, 2.05) is 30.3 Å². The van der Waals surface area contributed by atoms with Crippen molar-refractivity contribution in [3.8, 4) is 6.07 Å². The second-order valence-corrected chi connectivity index (χ2v) is 7.44. The standard InChI is InChI=1S/C19H23N5O/c1-19(2)9-8-13(11-20)16(10-19)24-12-15(17(21)25)18(23-24)22-14-6-4-3-5-7-14/h3-7,12-13,16H,8-10H2,1-2H3,(H2,21,25)(H,22,23)/t13?,16-/m0/s1. The first kappa shape index (κ1) is 17.0. The molecular formula is C19H23N5O. The van der Waals surface area contributed by atoms with E-state index in [4.69, 9.17) is 5.73 Å². The van der Waals surface area contributed by atoms with Gasteiger partial charge in [0.25, 0.3) is 5.91 Å². The molecule has 6 heteroatoms. The fraction of sp³-hybridized carbons (Fsp3) is 0.421. The third kappa shape index (κ3) is 3.66. The van der Waals surface area contributed by atoms with Crippen molar-refractivity contribution in [1.82, 2.24) is 9.78 Å². The molecule has 0 bridgehead atoms. The molecule has 3 N–H and O–H groups in total. The molecule has 6 nitrogen and oxygen atoms in total. The van der Waals surface area contributed by atoms with Crippen LogP contribution in [0.5, 0.6) is 0 Å². The number of anilines is 2. The van der Waals surface area contributed by atoms with Crippen LogP contribution >= 0.6 is 0 Å². The van der Waals surface area contributed by atoms with Crippen molar-refractivity contribution in [2.45, 2.75) is 39.2 Å². The van der Waals surface area contributed by atoms with E-state index < -0.39 is 5.91 Å². The summed E-state index contributed by atoms with van der Waals surface area (Å²) < 4.78 is 1.75. The van der Waals surface area contributed by atoms with E-state index in [2.05, 4.69) is 30.3 Å². The van der Waals surface area contributed by atoms with Crippen molar-refractivity contribution in [3.63, 3.8) is 0 Å². The van der Waals surface area contributed by atoms with Gasteiger partial charge in [0, 0.05) is 11.9 Å². The smallest absolute Gasteiger partial charge is 0.254 e. The van der Waals surface area contributed by atoms with Gasteiger partial charge in [-0.2, -0.15) is 10.4 Å². The molecule has 0 aliphatic heterocycles. The topological polar surface area (TPSA) is 96.7 Å². The van der Waals surface area contributed by atoms with E-state index in [0.29, 0.717) is 11.4 Å². The summed E-state index contributed by atoms with van der Waals surface area (Å²) in [4.78, 5) is 11.9. The average molecular weight is 337 g/mol. The number of nitrogens with one attached hydrogen (secondary N) is 1. The Morgan fingerprint density at radius 2 is 2.12 bits per heavy atom. The third-order valence-corrected chi connectivity index (χ3v) is 4.90. The number of hydrogen-bond acceptors (Lipinski definition) is 4. The van der Waals surface area contributed by atoms with Crippen LogP contribution < -0.4 is 11.1 Å². The van der Waals surface area contributed by atoms with Crippen molar-refractivity contribution < 1.29 is 4.79 Å². The largest absolute Gasteiger partial charge is 0.365 e. The maximum absolute atomic E-state index is 11.9. The number of carbonyl (C=O) groups excluding carboxylic acids is 1. The van der Waals surface area contributed by atoms with Gasteiger partial charge in [-0.25, -0.2) is 0 Å². The quantitative estimate of drug-likeness (QED) is 0.890. The van der Waals surface area contributed by atoms with E-state index in [-0.39, 0.29) is 17.4 Å². The lowest BCUT2D eigenvalue weighted by Gasteiger charge is -2.38. The molecule has 1 aromatic carbocycles. The summed E-state index contributed by atoms with van der Waals surface area (Å²) in [6, 6.07) is 11.9. The Balaban J connectivity index is 1.95. The number of nitrogens with zero attached hydrogens (tertiary/aromatic N) is 3. The zero-order chi connectivity index (χ0) is 18.0. The number of para-hydroxylation sites is 1. The number of carbonyl (C=O) groups is 1. The molecule has 1 saturated carbocycles. The Bertz CT molecular complexity index is 803. The van der Waals surface area contributed by atoms with Crippen LogP contribution in [0.1, 0.15) is 49.5 Å². The zero-order valence-corrected chi connectivity index (χ0v) is 14.6. The molecule has 1 aromatic heterocycles. The van der Waals surface area contributed by atoms with Crippen LogP contribution in [-0.4, -0.2) is 15.7 Å². The van der Waals surface area contributed by atoms with Crippen molar-refractivity contribution in [3.05, 3.63) is 42.1 Å². The van der Waals surface area contributed by atoms with Gasteiger partial charge in [-0.3, -0.25) is 9.48 Å². The summed E-state index contributed by atoms with van der Waals surface area (Å²) in [6.07, 6.45) is 4.36. The van der Waals surface area contributed by atoms with Gasteiger partial charge in [-0.05, 0) is 36.8 Å². The molecule has 1 fully saturated rings. The molecule has 0 saturated heterocycles. The van der Waals surface area contributed by atoms with Crippen LogP contribution in [0.25, 0.3) is 0 Å². The average Bonchev–Trinajstić information content (AvgIpc) is 2.99. The molecule has 1 unspecified atom stereocenters. The highest BCUT2D eigenvalue weighted by molar-refractivity contribution is 5.98. The minimum absolute atomic E-state index is 0.0572. The summed E-state index contributed by atoms with van der Waals surface area (Å²) in [6.45, 7) is 4.41. The molecule has 0 spiro atoms. The minimum Gasteiger partial charge on any atom is -0.365 e. The van der Waals surface area contributed by atoms with E-state index in [1.54, 1.807) is 10.9 Å². The highest BCUT2D eigenvalue weighted by atomic mass is 16.1. The molecule has 130 valence electrons. The maximum Gasteiger partial charge on any atom is 0.254 e. The lowest BCUT2D eigenvalue weighted by atomic mass is 9.71. The number of nitriles is 1. The van der Waals surface area contributed by atoms with Crippen LogP contribution in [0.2, 0.25) is 0 Å². The molecule has 25 heavy (non-hydrogen) atoms. The summed E-state index contributed by atoms with van der Waals surface area (Å²) in [7, 11) is 0. The molecule has 1 aliphatic rings. The normalized spacial score (nSPS) is 22.1. The van der Waals surface area contributed by atoms with Crippen LogP contribution in [0.15, 0.2) is 36.5 Å². The Kier molecular flexibility index (Phi) is 4.49.